The highest BCUT2D eigenvalue weighted by Crippen LogP contribution is 2.25. The van der Waals surface area contributed by atoms with Crippen molar-refractivity contribution < 1.29 is 14.3 Å². The molecule has 0 aliphatic heterocycles. The van der Waals surface area contributed by atoms with Gasteiger partial charge >= 0.3 is 5.97 Å². The first-order chi connectivity index (χ1) is 9.38. The molecule has 5 nitrogen and oxygen atoms in total. The molecule has 1 unspecified atom stereocenters. The van der Waals surface area contributed by atoms with Crippen molar-refractivity contribution in [1.82, 2.24) is 4.98 Å². The van der Waals surface area contributed by atoms with E-state index in [0.29, 0.717) is 5.82 Å². The van der Waals surface area contributed by atoms with Crippen LogP contribution in [0.1, 0.15) is 40.5 Å². The smallest absolute Gasteiger partial charge is 0.356 e. The van der Waals surface area contributed by atoms with Crippen LogP contribution >= 0.6 is 11.6 Å². The first-order valence-corrected chi connectivity index (χ1v) is 6.49. The quantitative estimate of drug-likeness (QED) is 0.896. The summed E-state index contributed by atoms with van der Waals surface area (Å²) in [6.45, 7) is 5.72. The van der Waals surface area contributed by atoms with Crippen LogP contribution in [0.4, 0.5) is 5.82 Å². The van der Waals surface area contributed by atoms with Crippen molar-refractivity contribution in [2.24, 2.45) is 0 Å². The Hall–Kier alpha value is -2.01. The fourth-order valence-electron chi connectivity index (χ4n) is 2.05. The van der Waals surface area contributed by atoms with Gasteiger partial charge in [0.2, 0.25) is 0 Å². The van der Waals surface area contributed by atoms with E-state index in [1.807, 2.05) is 26.8 Å². The van der Waals surface area contributed by atoms with Gasteiger partial charge in [0.15, 0.2) is 5.69 Å². The van der Waals surface area contributed by atoms with Gasteiger partial charge in [0.05, 0.1) is 11.1 Å². The lowest BCUT2D eigenvalue weighted by Gasteiger charge is -2.14. The summed E-state index contributed by atoms with van der Waals surface area (Å²) in [6.07, 6.45) is 0. The number of furan rings is 1. The first-order valence-electron chi connectivity index (χ1n) is 6.11. The molecule has 2 aromatic heterocycles. The molecule has 2 aromatic rings. The largest absolute Gasteiger partial charge is 0.476 e. The highest BCUT2D eigenvalue weighted by molar-refractivity contribution is 6.33. The van der Waals surface area contributed by atoms with Gasteiger partial charge in [-0.05, 0) is 39.0 Å². The Balaban J connectivity index is 2.24. The average Bonchev–Trinajstić information content (AvgIpc) is 2.70. The molecule has 0 aliphatic carbocycles. The zero-order valence-corrected chi connectivity index (χ0v) is 12.2. The molecule has 2 rings (SSSR count). The predicted molar refractivity (Wildman–Crippen MR) is 76.4 cm³/mol. The third-order valence-corrected chi connectivity index (χ3v) is 3.26. The number of anilines is 1. The highest BCUT2D eigenvalue weighted by atomic mass is 35.5. The number of pyridine rings is 1. The Bertz CT molecular complexity index is 652. The van der Waals surface area contributed by atoms with Gasteiger partial charge in [0.1, 0.15) is 17.3 Å². The Morgan fingerprint density at radius 3 is 2.70 bits per heavy atom. The van der Waals surface area contributed by atoms with Crippen molar-refractivity contribution in [3.05, 3.63) is 46.0 Å². The van der Waals surface area contributed by atoms with E-state index in [1.54, 1.807) is 6.07 Å². The summed E-state index contributed by atoms with van der Waals surface area (Å²) in [4.78, 5) is 15.0. The lowest BCUT2D eigenvalue weighted by atomic mass is 10.1. The topological polar surface area (TPSA) is 75.4 Å². The van der Waals surface area contributed by atoms with Crippen molar-refractivity contribution in [2.45, 2.75) is 26.8 Å². The van der Waals surface area contributed by atoms with E-state index in [1.165, 1.54) is 6.07 Å². The van der Waals surface area contributed by atoms with Gasteiger partial charge in [-0.3, -0.25) is 0 Å². The molecule has 0 saturated carbocycles. The van der Waals surface area contributed by atoms with Gasteiger partial charge in [-0.2, -0.15) is 0 Å². The van der Waals surface area contributed by atoms with E-state index in [9.17, 15) is 4.79 Å². The monoisotopic (exact) mass is 294 g/mol. The predicted octanol–water partition coefficient (Wildman–Crippen LogP) is 3.82. The lowest BCUT2D eigenvalue weighted by Crippen LogP contribution is -2.10. The molecule has 0 radical (unpaired) electrons. The van der Waals surface area contributed by atoms with Gasteiger partial charge < -0.3 is 14.8 Å². The maximum Gasteiger partial charge on any atom is 0.356 e. The van der Waals surface area contributed by atoms with Crippen LogP contribution in [0.5, 0.6) is 0 Å². The van der Waals surface area contributed by atoms with Crippen molar-refractivity contribution in [3.8, 4) is 0 Å². The average molecular weight is 295 g/mol. The molecule has 0 aliphatic rings. The standard InChI is InChI=1S/C14H15ClN2O3/c1-7-6-10(9(3)20-7)8(2)16-12-5-4-11(15)13(17-12)14(18)19/h4-6,8H,1-3H3,(H,16,17)(H,18,19). The zero-order chi connectivity index (χ0) is 14.9. The van der Waals surface area contributed by atoms with Gasteiger partial charge in [-0.25, -0.2) is 9.78 Å². The number of carboxylic acids is 1. The number of halogens is 1. The van der Waals surface area contributed by atoms with E-state index >= 15 is 0 Å². The third-order valence-electron chi connectivity index (χ3n) is 2.96. The number of carbonyl (C=O) groups is 1. The zero-order valence-electron chi connectivity index (χ0n) is 11.4. The fraction of sp³-hybridized carbons (Fsp3) is 0.286. The van der Waals surface area contributed by atoms with Crippen LogP contribution in [0.25, 0.3) is 0 Å². The molecule has 2 heterocycles. The second-order valence-electron chi connectivity index (χ2n) is 4.57. The second kappa shape index (κ2) is 5.54. The summed E-state index contributed by atoms with van der Waals surface area (Å²) in [5.41, 5.74) is 0.847. The number of nitrogens with one attached hydrogen (secondary N) is 1. The summed E-state index contributed by atoms with van der Waals surface area (Å²) >= 11 is 5.79. The Labute approximate surface area is 121 Å². The third kappa shape index (κ3) is 2.93. The van der Waals surface area contributed by atoms with Crippen LogP contribution in [0.2, 0.25) is 5.02 Å². The number of rotatable bonds is 4. The highest BCUT2D eigenvalue weighted by Gasteiger charge is 2.15. The molecule has 106 valence electrons. The normalized spacial score (nSPS) is 12.2. The van der Waals surface area contributed by atoms with E-state index in [-0.39, 0.29) is 16.8 Å². The van der Waals surface area contributed by atoms with Gasteiger partial charge in [-0.15, -0.1) is 0 Å². The summed E-state index contributed by atoms with van der Waals surface area (Å²) in [7, 11) is 0. The van der Waals surface area contributed by atoms with E-state index < -0.39 is 5.97 Å². The van der Waals surface area contributed by atoms with Crippen LogP contribution < -0.4 is 5.32 Å². The number of aromatic carboxylic acids is 1. The maximum atomic E-state index is 11.0. The number of nitrogens with zero attached hydrogens (tertiary/aromatic N) is 1. The molecule has 0 bridgehead atoms. The van der Waals surface area contributed by atoms with Crippen molar-refractivity contribution in [2.75, 3.05) is 5.32 Å². The number of hydrogen-bond donors (Lipinski definition) is 2. The molecule has 0 saturated heterocycles. The molecular formula is C14H15ClN2O3. The molecule has 0 fully saturated rings. The molecule has 2 N–H and O–H groups in total. The van der Waals surface area contributed by atoms with Gasteiger partial charge in [0, 0.05) is 5.56 Å². The maximum absolute atomic E-state index is 11.0. The van der Waals surface area contributed by atoms with Crippen LogP contribution in [0.3, 0.4) is 0 Å². The molecular weight excluding hydrogens is 280 g/mol. The number of hydrogen-bond acceptors (Lipinski definition) is 4. The van der Waals surface area contributed by atoms with Crippen molar-refractivity contribution in [3.63, 3.8) is 0 Å². The molecule has 0 spiro atoms. The number of carboxylic acid groups (broad SMARTS) is 1. The van der Waals surface area contributed by atoms with Crippen LogP contribution in [-0.4, -0.2) is 16.1 Å². The van der Waals surface area contributed by atoms with Gasteiger partial charge in [0.25, 0.3) is 0 Å². The molecule has 6 heteroatoms. The minimum atomic E-state index is -1.15. The van der Waals surface area contributed by atoms with E-state index in [0.717, 1.165) is 17.1 Å². The number of aromatic nitrogens is 1. The van der Waals surface area contributed by atoms with Crippen LogP contribution in [0, 0.1) is 13.8 Å². The summed E-state index contributed by atoms with van der Waals surface area (Å²) in [5, 5.41) is 12.3. The minimum absolute atomic E-state index is 0.0530. The molecule has 1 atom stereocenters. The van der Waals surface area contributed by atoms with E-state index in [4.69, 9.17) is 21.1 Å². The summed E-state index contributed by atoms with van der Waals surface area (Å²) < 4.78 is 5.48. The minimum Gasteiger partial charge on any atom is -0.476 e. The van der Waals surface area contributed by atoms with Crippen molar-refractivity contribution >= 4 is 23.4 Å². The SMILES string of the molecule is Cc1cc(C(C)Nc2ccc(Cl)c(C(=O)O)n2)c(C)o1. The Morgan fingerprint density at radius 2 is 2.15 bits per heavy atom. The van der Waals surface area contributed by atoms with Gasteiger partial charge in [-0.1, -0.05) is 11.6 Å². The van der Waals surface area contributed by atoms with Crippen molar-refractivity contribution in [1.29, 1.82) is 0 Å². The summed E-state index contributed by atoms with van der Waals surface area (Å²) in [6, 6.07) is 5.05. The summed E-state index contributed by atoms with van der Waals surface area (Å²) in [5.74, 6) is 0.968. The Morgan fingerprint density at radius 1 is 1.45 bits per heavy atom. The first kappa shape index (κ1) is 14.4. The molecule has 0 aromatic carbocycles. The second-order valence-corrected chi connectivity index (χ2v) is 4.97. The Kier molecular flexibility index (Phi) is 3.99. The van der Waals surface area contributed by atoms with Crippen LogP contribution in [0.15, 0.2) is 22.6 Å². The fourth-order valence-corrected chi connectivity index (χ4v) is 2.24. The van der Waals surface area contributed by atoms with E-state index in [2.05, 4.69) is 10.3 Å². The van der Waals surface area contributed by atoms with Crippen LogP contribution in [-0.2, 0) is 0 Å². The lowest BCUT2D eigenvalue weighted by molar-refractivity contribution is 0.0691. The molecule has 0 amide bonds. The number of aryl methyl sites for hydroxylation is 2. The molecule has 20 heavy (non-hydrogen) atoms.